The minimum atomic E-state index is -3.35. The molecule has 0 aromatic rings. The minimum Gasteiger partial charge on any atom is -0.369 e. The van der Waals surface area contributed by atoms with Crippen LogP contribution in [-0.2, 0) is 19.6 Å². The smallest absolute Gasteiger partial charge is 0.241 e. The highest BCUT2D eigenvalue weighted by Crippen LogP contribution is 2.26. The van der Waals surface area contributed by atoms with Gasteiger partial charge in [-0.25, -0.2) is 8.42 Å². The average molecular weight is 346 g/mol. The van der Waals surface area contributed by atoms with Crippen LogP contribution in [0.15, 0.2) is 0 Å². The van der Waals surface area contributed by atoms with Crippen molar-refractivity contribution in [3.63, 3.8) is 0 Å². The SMILES string of the molecule is CCCS(=O)(=O)N1CCCCC1C(=O)N1CC(C)OC(C)(C)C1. The number of carbonyl (C=O) groups excluding carboxylic acids is 1. The zero-order chi connectivity index (χ0) is 17.3. The van der Waals surface area contributed by atoms with Crippen LogP contribution in [0.25, 0.3) is 0 Å². The van der Waals surface area contributed by atoms with E-state index < -0.39 is 21.7 Å². The minimum absolute atomic E-state index is 0.0352. The maximum atomic E-state index is 13.0. The number of rotatable bonds is 4. The Hall–Kier alpha value is -0.660. The van der Waals surface area contributed by atoms with Gasteiger partial charge in [-0.05, 0) is 40.0 Å². The van der Waals surface area contributed by atoms with Crippen molar-refractivity contribution in [2.45, 2.75) is 71.1 Å². The molecule has 0 N–H and O–H groups in total. The third-order valence-electron chi connectivity index (χ3n) is 4.44. The number of piperidine rings is 1. The highest BCUT2D eigenvalue weighted by molar-refractivity contribution is 7.89. The number of ether oxygens (including phenoxy) is 1. The van der Waals surface area contributed by atoms with Crippen LogP contribution >= 0.6 is 0 Å². The highest BCUT2D eigenvalue weighted by atomic mass is 32.2. The number of morpholine rings is 1. The average Bonchev–Trinajstić information content (AvgIpc) is 2.44. The van der Waals surface area contributed by atoms with Gasteiger partial charge in [0.15, 0.2) is 0 Å². The predicted molar refractivity (Wildman–Crippen MR) is 89.6 cm³/mol. The van der Waals surface area contributed by atoms with Gasteiger partial charge < -0.3 is 9.64 Å². The van der Waals surface area contributed by atoms with E-state index in [-0.39, 0.29) is 17.8 Å². The van der Waals surface area contributed by atoms with Crippen LogP contribution in [0.5, 0.6) is 0 Å². The summed E-state index contributed by atoms with van der Waals surface area (Å²) in [6, 6.07) is -0.540. The first kappa shape index (κ1) is 18.7. The molecule has 134 valence electrons. The van der Waals surface area contributed by atoms with Crippen molar-refractivity contribution >= 4 is 15.9 Å². The quantitative estimate of drug-likeness (QED) is 0.775. The maximum absolute atomic E-state index is 13.0. The molecule has 0 spiro atoms. The Kier molecular flexibility index (Phi) is 5.74. The van der Waals surface area contributed by atoms with Crippen LogP contribution in [0.3, 0.4) is 0 Å². The second kappa shape index (κ2) is 7.07. The lowest BCUT2D eigenvalue weighted by Crippen LogP contribution is -2.59. The summed E-state index contributed by atoms with van der Waals surface area (Å²) in [6.07, 6.45) is 2.89. The lowest BCUT2D eigenvalue weighted by atomic mass is 10.0. The topological polar surface area (TPSA) is 66.9 Å². The van der Waals surface area contributed by atoms with E-state index in [9.17, 15) is 13.2 Å². The Labute approximate surface area is 140 Å². The first-order chi connectivity index (χ1) is 10.7. The molecule has 0 saturated carbocycles. The number of sulfonamides is 1. The second-order valence-corrected chi connectivity index (χ2v) is 9.39. The van der Waals surface area contributed by atoms with Crippen LogP contribution in [0.4, 0.5) is 0 Å². The molecule has 2 heterocycles. The van der Waals surface area contributed by atoms with Crippen molar-refractivity contribution in [3.8, 4) is 0 Å². The molecule has 23 heavy (non-hydrogen) atoms. The van der Waals surface area contributed by atoms with E-state index in [1.165, 1.54) is 4.31 Å². The fourth-order valence-corrected chi connectivity index (χ4v) is 5.43. The molecular formula is C16H30N2O4S. The van der Waals surface area contributed by atoms with Gasteiger partial charge in [0, 0.05) is 19.6 Å². The van der Waals surface area contributed by atoms with E-state index >= 15 is 0 Å². The lowest BCUT2D eigenvalue weighted by Gasteiger charge is -2.44. The molecule has 2 rings (SSSR count). The van der Waals surface area contributed by atoms with Gasteiger partial charge in [0.1, 0.15) is 6.04 Å². The number of hydrogen-bond donors (Lipinski definition) is 0. The lowest BCUT2D eigenvalue weighted by molar-refractivity contribution is -0.162. The third-order valence-corrected chi connectivity index (χ3v) is 6.51. The number of nitrogens with zero attached hydrogens (tertiary/aromatic N) is 2. The predicted octanol–water partition coefficient (Wildman–Crippen LogP) is 1.61. The second-order valence-electron chi connectivity index (χ2n) is 7.35. The Morgan fingerprint density at radius 2 is 2.00 bits per heavy atom. The van der Waals surface area contributed by atoms with Crippen LogP contribution in [0.1, 0.15) is 53.4 Å². The first-order valence-electron chi connectivity index (χ1n) is 8.62. The molecular weight excluding hydrogens is 316 g/mol. The summed E-state index contributed by atoms with van der Waals surface area (Å²) in [6.45, 7) is 9.24. The summed E-state index contributed by atoms with van der Waals surface area (Å²) in [5.74, 6) is 0.0505. The Bertz CT molecular complexity index is 532. The molecule has 2 atom stereocenters. The van der Waals surface area contributed by atoms with Crippen molar-refractivity contribution in [1.82, 2.24) is 9.21 Å². The van der Waals surface area contributed by atoms with Crippen molar-refractivity contribution in [2.24, 2.45) is 0 Å². The van der Waals surface area contributed by atoms with Crippen molar-refractivity contribution < 1.29 is 17.9 Å². The zero-order valence-electron chi connectivity index (χ0n) is 14.7. The van der Waals surface area contributed by atoms with Crippen molar-refractivity contribution in [1.29, 1.82) is 0 Å². The Morgan fingerprint density at radius 3 is 2.61 bits per heavy atom. The first-order valence-corrected chi connectivity index (χ1v) is 10.2. The van der Waals surface area contributed by atoms with Crippen molar-refractivity contribution in [3.05, 3.63) is 0 Å². The summed E-state index contributed by atoms with van der Waals surface area (Å²) in [5, 5.41) is 0. The van der Waals surface area contributed by atoms with Crippen LogP contribution < -0.4 is 0 Å². The summed E-state index contributed by atoms with van der Waals surface area (Å²) in [4.78, 5) is 14.8. The summed E-state index contributed by atoms with van der Waals surface area (Å²) in [5.41, 5.74) is -0.394. The Morgan fingerprint density at radius 1 is 1.30 bits per heavy atom. The summed E-state index contributed by atoms with van der Waals surface area (Å²) >= 11 is 0. The van der Waals surface area contributed by atoms with Gasteiger partial charge in [-0.15, -0.1) is 0 Å². The van der Waals surface area contributed by atoms with Crippen molar-refractivity contribution in [2.75, 3.05) is 25.4 Å². The standard InChI is InChI=1S/C16H30N2O4S/c1-5-10-23(20,21)18-9-7-6-8-14(18)15(19)17-11-13(2)22-16(3,4)12-17/h13-14H,5-12H2,1-4H3. The van der Waals surface area contributed by atoms with Gasteiger partial charge in [-0.1, -0.05) is 13.3 Å². The molecule has 2 aliphatic heterocycles. The normalized spacial score (nSPS) is 29.5. The molecule has 2 aliphatic rings. The number of hydrogen-bond acceptors (Lipinski definition) is 4. The number of carbonyl (C=O) groups is 1. The van der Waals surface area contributed by atoms with Gasteiger partial charge >= 0.3 is 0 Å². The van der Waals surface area contributed by atoms with Crippen LogP contribution in [0.2, 0.25) is 0 Å². The highest BCUT2D eigenvalue weighted by Gasteiger charge is 2.41. The maximum Gasteiger partial charge on any atom is 0.241 e. The van der Waals surface area contributed by atoms with Gasteiger partial charge in [-0.3, -0.25) is 4.79 Å². The van der Waals surface area contributed by atoms with E-state index in [1.54, 1.807) is 4.90 Å². The monoisotopic (exact) mass is 346 g/mol. The molecule has 0 radical (unpaired) electrons. The molecule has 2 fully saturated rings. The fraction of sp³-hybridized carbons (Fsp3) is 0.938. The zero-order valence-corrected chi connectivity index (χ0v) is 15.6. The molecule has 0 aliphatic carbocycles. The largest absolute Gasteiger partial charge is 0.369 e. The third kappa shape index (κ3) is 4.45. The molecule has 1 amide bonds. The van der Waals surface area contributed by atoms with E-state index in [0.29, 0.717) is 32.5 Å². The van der Waals surface area contributed by atoms with E-state index in [1.807, 2.05) is 27.7 Å². The molecule has 0 aromatic carbocycles. The van der Waals surface area contributed by atoms with Gasteiger partial charge in [0.05, 0.1) is 17.5 Å². The van der Waals surface area contributed by atoms with Crippen LogP contribution in [-0.4, -0.2) is 66.7 Å². The summed E-state index contributed by atoms with van der Waals surface area (Å²) in [7, 11) is -3.35. The molecule has 2 saturated heterocycles. The molecule has 6 nitrogen and oxygen atoms in total. The van der Waals surface area contributed by atoms with E-state index in [0.717, 1.165) is 12.8 Å². The van der Waals surface area contributed by atoms with Crippen LogP contribution in [0, 0.1) is 0 Å². The van der Waals surface area contributed by atoms with Gasteiger partial charge in [-0.2, -0.15) is 4.31 Å². The fourth-order valence-electron chi connectivity index (χ4n) is 3.69. The van der Waals surface area contributed by atoms with Gasteiger partial charge in [0.2, 0.25) is 15.9 Å². The van der Waals surface area contributed by atoms with Gasteiger partial charge in [0.25, 0.3) is 0 Å². The molecule has 0 aromatic heterocycles. The number of amides is 1. The molecule has 2 unspecified atom stereocenters. The molecule has 0 bridgehead atoms. The Balaban J connectivity index is 2.18. The summed E-state index contributed by atoms with van der Waals surface area (Å²) < 4.78 is 32.3. The van der Waals surface area contributed by atoms with E-state index in [4.69, 9.17) is 4.74 Å². The van der Waals surface area contributed by atoms with E-state index in [2.05, 4.69) is 0 Å². The molecule has 7 heteroatoms.